The number of aliphatic carboxylic acids is 1. The topological polar surface area (TPSA) is 57.6 Å². The van der Waals surface area contributed by atoms with Crippen molar-refractivity contribution < 1.29 is 14.7 Å². The van der Waals surface area contributed by atoms with Crippen LogP contribution in [-0.4, -0.2) is 34.0 Å². The molecule has 4 nitrogen and oxygen atoms in total. The fourth-order valence-corrected chi connectivity index (χ4v) is 1.58. The lowest BCUT2D eigenvalue weighted by atomic mass is 10.1. The molecule has 0 bridgehead atoms. The first kappa shape index (κ1) is 10.0. The molecule has 0 spiro atoms. The standard InChI is InChI=1S/C9H15NO3/c1-9(2,3)10-5-4-6(7(10)11)8(12)13/h6H,4-5H2,1-3H3,(H,12,13). The summed E-state index contributed by atoms with van der Waals surface area (Å²) in [5.74, 6) is -2.07. The maximum Gasteiger partial charge on any atom is 0.316 e. The molecule has 1 heterocycles. The van der Waals surface area contributed by atoms with Crippen molar-refractivity contribution in [2.24, 2.45) is 5.92 Å². The van der Waals surface area contributed by atoms with E-state index < -0.39 is 11.9 Å². The van der Waals surface area contributed by atoms with E-state index >= 15 is 0 Å². The van der Waals surface area contributed by atoms with Gasteiger partial charge in [0.15, 0.2) is 0 Å². The summed E-state index contributed by atoms with van der Waals surface area (Å²) < 4.78 is 0. The monoisotopic (exact) mass is 185 g/mol. The van der Waals surface area contributed by atoms with E-state index in [0.717, 1.165) is 0 Å². The van der Waals surface area contributed by atoms with Gasteiger partial charge in [0.1, 0.15) is 5.92 Å². The van der Waals surface area contributed by atoms with Crippen molar-refractivity contribution in [1.29, 1.82) is 0 Å². The molecule has 0 aromatic heterocycles. The summed E-state index contributed by atoms with van der Waals surface area (Å²) in [6.45, 7) is 6.29. The van der Waals surface area contributed by atoms with Crippen LogP contribution in [0.15, 0.2) is 0 Å². The van der Waals surface area contributed by atoms with Gasteiger partial charge < -0.3 is 10.0 Å². The minimum atomic E-state index is -1.00. The van der Waals surface area contributed by atoms with Gasteiger partial charge in [-0.15, -0.1) is 0 Å². The molecule has 0 aromatic rings. The van der Waals surface area contributed by atoms with Crippen LogP contribution in [0.25, 0.3) is 0 Å². The molecule has 0 aromatic carbocycles. The SMILES string of the molecule is CC(C)(C)N1CCC(C(=O)O)C1=O. The smallest absolute Gasteiger partial charge is 0.316 e. The quantitative estimate of drug-likeness (QED) is 0.612. The molecule has 1 aliphatic heterocycles. The van der Waals surface area contributed by atoms with Crippen LogP contribution >= 0.6 is 0 Å². The van der Waals surface area contributed by atoms with Crippen LogP contribution in [0.3, 0.4) is 0 Å². The Morgan fingerprint density at radius 3 is 2.31 bits per heavy atom. The van der Waals surface area contributed by atoms with Crippen molar-refractivity contribution in [2.75, 3.05) is 6.54 Å². The second kappa shape index (κ2) is 3.01. The summed E-state index contributed by atoms with van der Waals surface area (Å²) in [6.07, 6.45) is 0.436. The molecule has 4 heteroatoms. The van der Waals surface area contributed by atoms with Gasteiger partial charge in [0.05, 0.1) is 0 Å². The fourth-order valence-electron chi connectivity index (χ4n) is 1.58. The molecule has 74 valence electrons. The van der Waals surface area contributed by atoms with Gasteiger partial charge >= 0.3 is 5.97 Å². The van der Waals surface area contributed by atoms with E-state index in [9.17, 15) is 9.59 Å². The van der Waals surface area contributed by atoms with Crippen LogP contribution in [-0.2, 0) is 9.59 Å². The van der Waals surface area contributed by atoms with Crippen LogP contribution in [0.5, 0.6) is 0 Å². The zero-order valence-corrected chi connectivity index (χ0v) is 8.20. The lowest BCUT2D eigenvalue weighted by Crippen LogP contribution is -2.43. The Hall–Kier alpha value is -1.06. The lowest BCUT2D eigenvalue weighted by Gasteiger charge is -2.31. The Morgan fingerprint density at radius 1 is 1.54 bits per heavy atom. The molecular weight excluding hydrogens is 170 g/mol. The van der Waals surface area contributed by atoms with Gasteiger partial charge in [-0.05, 0) is 27.2 Å². The molecule has 1 aliphatic rings. The highest BCUT2D eigenvalue weighted by Crippen LogP contribution is 2.25. The largest absolute Gasteiger partial charge is 0.481 e. The van der Waals surface area contributed by atoms with Gasteiger partial charge in [0, 0.05) is 12.1 Å². The summed E-state index contributed by atoms with van der Waals surface area (Å²) in [7, 11) is 0. The van der Waals surface area contributed by atoms with Crippen molar-refractivity contribution in [2.45, 2.75) is 32.7 Å². The van der Waals surface area contributed by atoms with Crippen molar-refractivity contribution >= 4 is 11.9 Å². The second-order valence-electron chi connectivity index (χ2n) is 4.34. The van der Waals surface area contributed by atoms with E-state index in [2.05, 4.69) is 0 Å². The van der Waals surface area contributed by atoms with Crippen LogP contribution in [0.1, 0.15) is 27.2 Å². The molecule has 1 rings (SSSR count). The summed E-state index contributed by atoms with van der Waals surface area (Å²) in [5, 5.41) is 8.72. The van der Waals surface area contributed by atoms with Gasteiger partial charge in [-0.25, -0.2) is 0 Å². The van der Waals surface area contributed by atoms with E-state index in [0.29, 0.717) is 13.0 Å². The molecule has 1 saturated heterocycles. The Balaban J connectivity index is 2.77. The first-order valence-corrected chi connectivity index (χ1v) is 4.38. The highest BCUT2D eigenvalue weighted by Gasteiger charge is 2.41. The third kappa shape index (κ3) is 1.82. The van der Waals surface area contributed by atoms with Gasteiger partial charge in [0.25, 0.3) is 0 Å². The maximum atomic E-state index is 11.5. The van der Waals surface area contributed by atoms with Crippen LogP contribution in [0, 0.1) is 5.92 Å². The molecule has 0 saturated carbocycles. The number of hydrogen-bond donors (Lipinski definition) is 1. The number of hydrogen-bond acceptors (Lipinski definition) is 2. The summed E-state index contributed by atoms with van der Waals surface area (Å²) in [6, 6.07) is 0. The summed E-state index contributed by atoms with van der Waals surface area (Å²) in [5.41, 5.74) is -0.263. The van der Waals surface area contributed by atoms with Gasteiger partial charge in [-0.1, -0.05) is 0 Å². The Labute approximate surface area is 77.5 Å². The maximum absolute atomic E-state index is 11.5. The number of likely N-dealkylation sites (tertiary alicyclic amines) is 1. The molecule has 0 aliphatic carbocycles. The zero-order chi connectivity index (χ0) is 10.2. The van der Waals surface area contributed by atoms with Crippen LogP contribution in [0.4, 0.5) is 0 Å². The van der Waals surface area contributed by atoms with E-state index in [1.54, 1.807) is 4.90 Å². The van der Waals surface area contributed by atoms with Crippen LogP contribution in [0.2, 0.25) is 0 Å². The molecule has 1 fully saturated rings. The first-order chi connectivity index (χ1) is 5.84. The van der Waals surface area contributed by atoms with Gasteiger partial charge in [-0.2, -0.15) is 0 Å². The average Bonchev–Trinajstić information content (AvgIpc) is 2.28. The Bertz CT molecular complexity index is 242. The number of carbonyl (C=O) groups is 2. The molecule has 13 heavy (non-hydrogen) atoms. The van der Waals surface area contributed by atoms with Crippen molar-refractivity contribution in [3.05, 3.63) is 0 Å². The number of amides is 1. The molecule has 1 unspecified atom stereocenters. The fraction of sp³-hybridized carbons (Fsp3) is 0.778. The van der Waals surface area contributed by atoms with Crippen molar-refractivity contribution in [1.82, 2.24) is 4.90 Å². The summed E-state index contributed by atoms with van der Waals surface area (Å²) >= 11 is 0. The molecule has 1 N–H and O–H groups in total. The molecule has 1 amide bonds. The third-order valence-corrected chi connectivity index (χ3v) is 2.31. The molecular formula is C9H15NO3. The Morgan fingerprint density at radius 2 is 2.08 bits per heavy atom. The van der Waals surface area contributed by atoms with Gasteiger partial charge in [-0.3, -0.25) is 9.59 Å². The van der Waals surface area contributed by atoms with E-state index in [1.165, 1.54) is 0 Å². The number of carboxylic acid groups (broad SMARTS) is 1. The number of carbonyl (C=O) groups excluding carboxylic acids is 1. The highest BCUT2D eigenvalue weighted by atomic mass is 16.4. The number of rotatable bonds is 1. The Kier molecular flexibility index (Phi) is 2.32. The first-order valence-electron chi connectivity index (χ1n) is 4.38. The normalized spacial score (nSPS) is 23.8. The van der Waals surface area contributed by atoms with E-state index in [1.807, 2.05) is 20.8 Å². The predicted molar refractivity (Wildman–Crippen MR) is 47.2 cm³/mol. The number of carboxylic acids is 1. The third-order valence-electron chi connectivity index (χ3n) is 2.31. The van der Waals surface area contributed by atoms with Crippen molar-refractivity contribution in [3.63, 3.8) is 0 Å². The summed E-state index contributed by atoms with van der Waals surface area (Å²) in [4.78, 5) is 23.8. The predicted octanol–water partition coefficient (Wildman–Crippen LogP) is 0.718. The van der Waals surface area contributed by atoms with E-state index in [-0.39, 0.29) is 11.4 Å². The zero-order valence-electron chi connectivity index (χ0n) is 8.20. The number of nitrogens with zero attached hydrogens (tertiary/aromatic N) is 1. The minimum absolute atomic E-state index is 0.250. The second-order valence-corrected chi connectivity index (χ2v) is 4.34. The minimum Gasteiger partial charge on any atom is -0.481 e. The lowest BCUT2D eigenvalue weighted by molar-refractivity contribution is -0.148. The molecule has 1 atom stereocenters. The van der Waals surface area contributed by atoms with Crippen LogP contribution < -0.4 is 0 Å². The average molecular weight is 185 g/mol. The van der Waals surface area contributed by atoms with Crippen molar-refractivity contribution in [3.8, 4) is 0 Å². The highest BCUT2D eigenvalue weighted by molar-refractivity contribution is 5.98. The van der Waals surface area contributed by atoms with E-state index in [4.69, 9.17) is 5.11 Å². The van der Waals surface area contributed by atoms with Gasteiger partial charge in [0.2, 0.25) is 5.91 Å². The molecule has 0 radical (unpaired) electrons.